The highest BCUT2D eigenvalue weighted by molar-refractivity contribution is 5.82. The number of fused-ring (bicyclic) bond motifs is 1. The maximum Gasteiger partial charge on any atom is 0.227 e. The summed E-state index contributed by atoms with van der Waals surface area (Å²) >= 11 is 0. The van der Waals surface area contributed by atoms with Gasteiger partial charge in [-0.3, -0.25) is 9.59 Å². The Balaban J connectivity index is 1.44. The summed E-state index contributed by atoms with van der Waals surface area (Å²) in [6, 6.07) is 7.91. The second kappa shape index (κ2) is 7.48. The molecule has 2 aromatic rings. The third-order valence-corrected chi connectivity index (χ3v) is 4.89. The number of benzene rings is 1. The van der Waals surface area contributed by atoms with E-state index in [0.717, 1.165) is 29.7 Å². The van der Waals surface area contributed by atoms with Crippen molar-refractivity contribution in [1.82, 2.24) is 20.2 Å². The topological polar surface area (TPSA) is 78.1 Å². The van der Waals surface area contributed by atoms with Crippen LogP contribution in [0.4, 0.5) is 0 Å². The summed E-state index contributed by atoms with van der Waals surface area (Å²) in [6.45, 7) is 7.71. The van der Waals surface area contributed by atoms with Gasteiger partial charge >= 0.3 is 0 Å². The van der Waals surface area contributed by atoms with Crippen LogP contribution < -0.4 is 5.32 Å². The van der Waals surface area contributed by atoms with E-state index >= 15 is 0 Å². The van der Waals surface area contributed by atoms with Crippen LogP contribution >= 0.6 is 0 Å². The first-order valence-electron chi connectivity index (χ1n) is 9.35. The quantitative estimate of drug-likeness (QED) is 0.883. The minimum atomic E-state index is -0.359. The van der Waals surface area contributed by atoms with Gasteiger partial charge in [0.25, 0.3) is 0 Å². The molecule has 0 radical (unpaired) electrons. The number of imidazole rings is 1. The number of nitrogens with one attached hydrogen (secondary N) is 2. The van der Waals surface area contributed by atoms with Gasteiger partial charge in [0.1, 0.15) is 5.82 Å². The molecule has 2 N–H and O–H groups in total. The van der Waals surface area contributed by atoms with Crippen molar-refractivity contribution in [3.63, 3.8) is 0 Å². The minimum absolute atomic E-state index is 0.00492. The molecule has 26 heavy (non-hydrogen) atoms. The monoisotopic (exact) mass is 356 g/mol. The lowest BCUT2D eigenvalue weighted by atomic mass is 9.90. The highest BCUT2D eigenvalue weighted by Crippen LogP contribution is 2.23. The Labute approximate surface area is 154 Å². The molecule has 140 valence electrons. The summed E-state index contributed by atoms with van der Waals surface area (Å²) in [6.07, 6.45) is 2.15. The zero-order chi connectivity index (χ0) is 18.7. The predicted molar refractivity (Wildman–Crippen MR) is 102 cm³/mol. The van der Waals surface area contributed by atoms with Crippen molar-refractivity contribution in [2.75, 3.05) is 19.6 Å². The first-order valence-corrected chi connectivity index (χ1v) is 9.35. The maximum atomic E-state index is 12.4. The lowest BCUT2D eigenvalue weighted by molar-refractivity contribution is -0.142. The van der Waals surface area contributed by atoms with Gasteiger partial charge in [0.05, 0.1) is 11.0 Å². The number of aromatic amines is 1. The van der Waals surface area contributed by atoms with Crippen LogP contribution in [-0.2, 0) is 16.0 Å². The molecule has 0 spiro atoms. The van der Waals surface area contributed by atoms with Crippen LogP contribution in [0.25, 0.3) is 11.0 Å². The number of likely N-dealkylation sites (tertiary alicyclic amines) is 1. The number of rotatable bonds is 4. The van der Waals surface area contributed by atoms with E-state index in [2.05, 4.69) is 15.3 Å². The maximum absolute atomic E-state index is 12.4. The summed E-state index contributed by atoms with van der Waals surface area (Å²) in [5, 5.41) is 3.02. The van der Waals surface area contributed by atoms with Crippen LogP contribution in [0.5, 0.6) is 0 Å². The highest BCUT2D eigenvalue weighted by atomic mass is 16.2. The van der Waals surface area contributed by atoms with Gasteiger partial charge in [-0.25, -0.2) is 4.98 Å². The molecule has 1 aliphatic rings. The highest BCUT2D eigenvalue weighted by Gasteiger charge is 2.32. The van der Waals surface area contributed by atoms with Crippen molar-refractivity contribution in [3.05, 3.63) is 30.1 Å². The first kappa shape index (κ1) is 18.4. The zero-order valence-corrected chi connectivity index (χ0v) is 15.8. The number of nitrogens with zero attached hydrogens (tertiary/aromatic N) is 2. The number of hydrogen-bond acceptors (Lipinski definition) is 3. The summed E-state index contributed by atoms with van der Waals surface area (Å²) < 4.78 is 0. The van der Waals surface area contributed by atoms with Gasteiger partial charge in [0.15, 0.2) is 0 Å². The van der Waals surface area contributed by atoms with Crippen molar-refractivity contribution in [1.29, 1.82) is 0 Å². The van der Waals surface area contributed by atoms with Crippen molar-refractivity contribution in [2.45, 2.75) is 40.0 Å². The number of hydrogen-bond donors (Lipinski definition) is 2. The van der Waals surface area contributed by atoms with E-state index in [-0.39, 0.29) is 23.1 Å². The van der Waals surface area contributed by atoms with Crippen LogP contribution in [0.2, 0.25) is 0 Å². The van der Waals surface area contributed by atoms with Crippen LogP contribution in [0.3, 0.4) is 0 Å². The SMILES string of the molecule is CC(C)(C)C(=O)N1CCC(C(=O)NCCc2nc3ccccc3[nH]2)CC1. The zero-order valence-electron chi connectivity index (χ0n) is 15.8. The molecule has 0 bridgehead atoms. The van der Waals surface area contributed by atoms with E-state index in [9.17, 15) is 9.59 Å². The minimum Gasteiger partial charge on any atom is -0.355 e. The second-order valence-electron chi connectivity index (χ2n) is 8.06. The molecule has 1 fully saturated rings. The number of aromatic nitrogens is 2. The molecule has 2 amide bonds. The molecular formula is C20H28N4O2. The van der Waals surface area contributed by atoms with Gasteiger partial charge in [-0.1, -0.05) is 32.9 Å². The van der Waals surface area contributed by atoms with Gasteiger partial charge in [0.2, 0.25) is 11.8 Å². The van der Waals surface area contributed by atoms with Crippen molar-refractivity contribution in [3.8, 4) is 0 Å². The van der Waals surface area contributed by atoms with E-state index in [1.54, 1.807) is 0 Å². The average molecular weight is 356 g/mol. The molecule has 3 rings (SSSR count). The van der Waals surface area contributed by atoms with Crippen LogP contribution in [-0.4, -0.2) is 46.3 Å². The Kier molecular flexibility index (Phi) is 5.30. The Hall–Kier alpha value is -2.37. The molecule has 1 saturated heterocycles. The van der Waals surface area contributed by atoms with Gasteiger partial charge in [0, 0.05) is 37.4 Å². The van der Waals surface area contributed by atoms with Crippen molar-refractivity contribution < 1.29 is 9.59 Å². The third-order valence-electron chi connectivity index (χ3n) is 4.89. The molecule has 1 aliphatic heterocycles. The standard InChI is InChI=1S/C20H28N4O2/c1-20(2,3)19(26)24-12-9-14(10-13-24)18(25)21-11-8-17-22-15-6-4-5-7-16(15)23-17/h4-7,14H,8-13H2,1-3H3,(H,21,25)(H,22,23). The molecule has 1 aromatic carbocycles. The van der Waals surface area contributed by atoms with Gasteiger partial charge in [-0.05, 0) is 25.0 Å². The van der Waals surface area contributed by atoms with E-state index < -0.39 is 0 Å². The Bertz CT molecular complexity index is 749. The molecule has 6 nitrogen and oxygen atoms in total. The predicted octanol–water partition coefficient (Wildman–Crippen LogP) is 2.51. The van der Waals surface area contributed by atoms with Crippen LogP contribution in [0.15, 0.2) is 24.3 Å². The number of H-pyrrole nitrogens is 1. The number of carbonyl (C=O) groups excluding carboxylic acids is 2. The first-order chi connectivity index (χ1) is 12.3. The Morgan fingerprint density at radius 2 is 1.92 bits per heavy atom. The molecule has 6 heteroatoms. The number of piperidine rings is 1. The average Bonchev–Trinajstić information content (AvgIpc) is 3.03. The van der Waals surface area contributed by atoms with Crippen molar-refractivity contribution in [2.24, 2.45) is 11.3 Å². The fraction of sp³-hybridized carbons (Fsp3) is 0.550. The summed E-state index contributed by atoms with van der Waals surface area (Å²) in [5.41, 5.74) is 1.61. The summed E-state index contributed by atoms with van der Waals surface area (Å²) in [4.78, 5) is 34.4. The molecule has 1 aromatic heterocycles. The fourth-order valence-corrected chi connectivity index (χ4v) is 3.39. The van der Waals surface area contributed by atoms with Gasteiger partial charge < -0.3 is 15.2 Å². The fourth-order valence-electron chi connectivity index (χ4n) is 3.39. The Morgan fingerprint density at radius 3 is 2.58 bits per heavy atom. The smallest absolute Gasteiger partial charge is 0.227 e. The molecule has 0 unspecified atom stereocenters. The normalized spacial score (nSPS) is 16.0. The lowest BCUT2D eigenvalue weighted by Crippen LogP contribution is -2.46. The molecule has 0 aliphatic carbocycles. The van der Waals surface area contributed by atoms with Gasteiger partial charge in [-0.2, -0.15) is 0 Å². The van der Waals surface area contributed by atoms with Crippen LogP contribution in [0.1, 0.15) is 39.4 Å². The molecular weight excluding hydrogens is 328 g/mol. The van der Waals surface area contributed by atoms with E-state index in [1.165, 1.54) is 0 Å². The van der Waals surface area contributed by atoms with Gasteiger partial charge in [-0.15, -0.1) is 0 Å². The Morgan fingerprint density at radius 1 is 1.23 bits per heavy atom. The third kappa shape index (κ3) is 4.23. The molecule has 0 saturated carbocycles. The second-order valence-corrected chi connectivity index (χ2v) is 8.06. The number of amides is 2. The number of para-hydroxylation sites is 2. The number of carbonyl (C=O) groups is 2. The largest absolute Gasteiger partial charge is 0.355 e. The lowest BCUT2D eigenvalue weighted by Gasteiger charge is -2.35. The van der Waals surface area contributed by atoms with E-state index in [0.29, 0.717) is 26.1 Å². The molecule has 2 heterocycles. The van der Waals surface area contributed by atoms with Crippen molar-refractivity contribution >= 4 is 22.8 Å². The van der Waals surface area contributed by atoms with Crippen LogP contribution in [0, 0.1) is 11.3 Å². The van der Waals surface area contributed by atoms with E-state index in [1.807, 2.05) is 49.9 Å². The van der Waals surface area contributed by atoms with E-state index in [4.69, 9.17) is 0 Å². The molecule has 0 atom stereocenters. The summed E-state index contributed by atoms with van der Waals surface area (Å²) in [5.74, 6) is 1.14. The summed E-state index contributed by atoms with van der Waals surface area (Å²) in [7, 11) is 0.